The van der Waals surface area contributed by atoms with Crippen LogP contribution < -0.4 is 16.0 Å². The molecule has 1 saturated heterocycles. The van der Waals surface area contributed by atoms with Gasteiger partial charge in [-0.05, 0) is 62.6 Å². The maximum Gasteiger partial charge on any atom is 0.291 e. The second-order valence-electron chi connectivity index (χ2n) is 6.53. The minimum Gasteiger partial charge on any atom is -0.459 e. The Morgan fingerprint density at radius 1 is 1.19 bits per heavy atom. The SMILES string of the molecule is CC1(C(=O)NCc2ccc(NC(=O)c3ccco3)cc2)CCCCN1.Cl. The summed E-state index contributed by atoms with van der Waals surface area (Å²) in [5.41, 5.74) is 1.18. The summed E-state index contributed by atoms with van der Waals surface area (Å²) in [4.78, 5) is 24.3. The smallest absolute Gasteiger partial charge is 0.291 e. The molecule has 2 heterocycles. The first kappa shape index (κ1) is 20.0. The Hall–Kier alpha value is -2.31. The molecule has 7 heteroatoms. The van der Waals surface area contributed by atoms with E-state index in [0.29, 0.717) is 12.2 Å². The Labute approximate surface area is 159 Å². The van der Waals surface area contributed by atoms with E-state index in [0.717, 1.165) is 31.4 Å². The molecule has 1 aliphatic heterocycles. The number of hydrogen-bond donors (Lipinski definition) is 3. The van der Waals surface area contributed by atoms with Gasteiger partial charge in [-0.2, -0.15) is 0 Å². The van der Waals surface area contributed by atoms with Gasteiger partial charge in [-0.25, -0.2) is 0 Å². The minimum atomic E-state index is -0.477. The standard InChI is InChI=1S/C19H23N3O3.ClH/c1-19(10-2-3-11-21-19)18(24)20-13-14-6-8-15(9-7-14)22-17(23)16-5-4-12-25-16;/h4-9,12,21H,2-3,10-11,13H2,1H3,(H,20,24)(H,22,23);1H. The van der Waals surface area contributed by atoms with Crippen LogP contribution in [0.5, 0.6) is 0 Å². The predicted molar refractivity (Wildman–Crippen MR) is 102 cm³/mol. The van der Waals surface area contributed by atoms with Crippen molar-refractivity contribution in [1.82, 2.24) is 10.6 Å². The van der Waals surface area contributed by atoms with Crippen molar-refractivity contribution in [2.75, 3.05) is 11.9 Å². The van der Waals surface area contributed by atoms with E-state index in [2.05, 4.69) is 16.0 Å². The number of hydrogen-bond acceptors (Lipinski definition) is 4. The fourth-order valence-electron chi connectivity index (χ4n) is 2.93. The highest BCUT2D eigenvalue weighted by Crippen LogP contribution is 2.19. The highest BCUT2D eigenvalue weighted by Gasteiger charge is 2.33. The zero-order chi connectivity index (χ0) is 17.7. The Balaban J connectivity index is 0.00000243. The van der Waals surface area contributed by atoms with Gasteiger partial charge < -0.3 is 20.4 Å². The molecule has 1 aliphatic rings. The van der Waals surface area contributed by atoms with Crippen LogP contribution in [0.1, 0.15) is 42.3 Å². The molecule has 140 valence electrons. The molecule has 1 fully saturated rings. The normalized spacial score (nSPS) is 19.3. The molecule has 3 rings (SSSR count). The number of carbonyl (C=O) groups is 2. The Morgan fingerprint density at radius 2 is 1.96 bits per heavy atom. The van der Waals surface area contributed by atoms with Crippen molar-refractivity contribution in [1.29, 1.82) is 0 Å². The first-order chi connectivity index (χ1) is 12.1. The molecule has 0 saturated carbocycles. The van der Waals surface area contributed by atoms with Crippen LogP contribution in [0, 0.1) is 0 Å². The Morgan fingerprint density at radius 3 is 2.58 bits per heavy atom. The summed E-state index contributed by atoms with van der Waals surface area (Å²) in [5, 5.41) is 9.06. The maximum absolute atomic E-state index is 12.4. The number of rotatable bonds is 5. The van der Waals surface area contributed by atoms with Gasteiger partial charge in [0.15, 0.2) is 5.76 Å². The molecule has 2 aromatic rings. The second-order valence-corrected chi connectivity index (χ2v) is 6.53. The highest BCUT2D eigenvalue weighted by atomic mass is 35.5. The molecular formula is C19H24ClN3O3. The van der Waals surface area contributed by atoms with Gasteiger partial charge in [0, 0.05) is 12.2 Å². The van der Waals surface area contributed by atoms with Gasteiger partial charge in [0.05, 0.1) is 11.8 Å². The summed E-state index contributed by atoms with van der Waals surface area (Å²) in [6, 6.07) is 10.7. The van der Waals surface area contributed by atoms with E-state index in [4.69, 9.17) is 4.42 Å². The topological polar surface area (TPSA) is 83.4 Å². The van der Waals surface area contributed by atoms with Crippen LogP contribution in [0.3, 0.4) is 0 Å². The third-order valence-corrected chi connectivity index (χ3v) is 4.53. The van der Waals surface area contributed by atoms with Crippen molar-refractivity contribution in [2.24, 2.45) is 0 Å². The van der Waals surface area contributed by atoms with Gasteiger partial charge in [-0.3, -0.25) is 9.59 Å². The largest absolute Gasteiger partial charge is 0.459 e. The number of amides is 2. The summed E-state index contributed by atoms with van der Waals surface area (Å²) >= 11 is 0. The maximum atomic E-state index is 12.4. The number of nitrogens with one attached hydrogen (secondary N) is 3. The van der Waals surface area contributed by atoms with Gasteiger partial charge in [0.1, 0.15) is 0 Å². The molecule has 1 aromatic heterocycles. The number of benzene rings is 1. The van der Waals surface area contributed by atoms with Crippen LogP contribution >= 0.6 is 12.4 Å². The highest BCUT2D eigenvalue weighted by molar-refractivity contribution is 6.02. The minimum absolute atomic E-state index is 0. The molecule has 6 nitrogen and oxygen atoms in total. The summed E-state index contributed by atoms with van der Waals surface area (Å²) in [7, 11) is 0. The van der Waals surface area contributed by atoms with E-state index in [9.17, 15) is 9.59 Å². The molecule has 0 spiro atoms. The van der Waals surface area contributed by atoms with E-state index < -0.39 is 5.54 Å². The molecule has 0 bridgehead atoms. The molecule has 2 amide bonds. The first-order valence-electron chi connectivity index (χ1n) is 8.54. The molecule has 1 unspecified atom stereocenters. The van der Waals surface area contributed by atoms with Gasteiger partial charge in [0.25, 0.3) is 5.91 Å². The zero-order valence-electron chi connectivity index (χ0n) is 14.7. The van der Waals surface area contributed by atoms with Crippen molar-refractivity contribution in [3.05, 3.63) is 54.0 Å². The quantitative estimate of drug-likeness (QED) is 0.747. The molecule has 1 aromatic carbocycles. The van der Waals surface area contributed by atoms with E-state index in [-0.39, 0.29) is 30.0 Å². The number of furan rings is 1. The fourth-order valence-corrected chi connectivity index (χ4v) is 2.93. The Kier molecular flexibility index (Phi) is 6.83. The lowest BCUT2D eigenvalue weighted by Crippen LogP contribution is -2.56. The third kappa shape index (κ3) is 4.86. The number of piperidine rings is 1. The number of anilines is 1. The van der Waals surface area contributed by atoms with Crippen LogP contribution in [-0.4, -0.2) is 23.9 Å². The number of carbonyl (C=O) groups excluding carboxylic acids is 2. The Bertz CT molecular complexity index is 723. The van der Waals surface area contributed by atoms with E-state index in [1.807, 2.05) is 31.2 Å². The van der Waals surface area contributed by atoms with Gasteiger partial charge in [-0.1, -0.05) is 12.1 Å². The molecule has 3 N–H and O–H groups in total. The van der Waals surface area contributed by atoms with Crippen molar-refractivity contribution in [2.45, 2.75) is 38.3 Å². The molecule has 1 atom stereocenters. The van der Waals surface area contributed by atoms with Crippen molar-refractivity contribution >= 4 is 29.9 Å². The van der Waals surface area contributed by atoms with Crippen LogP contribution in [0.25, 0.3) is 0 Å². The second kappa shape index (κ2) is 8.87. The molecular weight excluding hydrogens is 354 g/mol. The molecule has 0 radical (unpaired) electrons. The van der Waals surface area contributed by atoms with Gasteiger partial charge in [-0.15, -0.1) is 12.4 Å². The first-order valence-corrected chi connectivity index (χ1v) is 8.54. The summed E-state index contributed by atoms with van der Waals surface area (Å²) in [5.74, 6) is 0.00862. The summed E-state index contributed by atoms with van der Waals surface area (Å²) < 4.78 is 5.06. The lowest BCUT2D eigenvalue weighted by molar-refractivity contribution is -0.128. The lowest BCUT2D eigenvalue weighted by atomic mass is 9.90. The van der Waals surface area contributed by atoms with E-state index in [1.165, 1.54) is 6.26 Å². The van der Waals surface area contributed by atoms with Crippen LogP contribution in [0.2, 0.25) is 0 Å². The predicted octanol–water partition coefficient (Wildman–Crippen LogP) is 3.10. The van der Waals surface area contributed by atoms with Crippen molar-refractivity contribution in [3.8, 4) is 0 Å². The van der Waals surface area contributed by atoms with Crippen molar-refractivity contribution in [3.63, 3.8) is 0 Å². The summed E-state index contributed by atoms with van der Waals surface area (Å²) in [6.45, 7) is 3.30. The average Bonchev–Trinajstić information content (AvgIpc) is 3.16. The van der Waals surface area contributed by atoms with E-state index in [1.54, 1.807) is 12.1 Å². The van der Waals surface area contributed by atoms with Crippen LogP contribution in [0.15, 0.2) is 47.1 Å². The monoisotopic (exact) mass is 377 g/mol. The zero-order valence-corrected chi connectivity index (χ0v) is 15.5. The van der Waals surface area contributed by atoms with Crippen molar-refractivity contribution < 1.29 is 14.0 Å². The van der Waals surface area contributed by atoms with Gasteiger partial charge >= 0.3 is 0 Å². The van der Waals surface area contributed by atoms with Gasteiger partial charge in [0.2, 0.25) is 5.91 Å². The lowest BCUT2D eigenvalue weighted by Gasteiger charge is -2.33. The summed E-state index contributed by atoms with van der Waals surface area (Å²) in [6.07, 6.45) is 4.51. The van der Waals surface area contributed by atoms with E-state index >= 15 is 0 Å². The fraction of sp³-hybridized carbons (Fsp3) is 0.368. The average molecular weight is 378 g/mol. The molecule has 26 heavy (non-hydrogen) atoms. The number of halogens is 1. The third-order valence-electron chi connectivity index (χ3n) is 4.53. The molecule has 0 aliphatic carbocycles. The van der Waals surface area contributed by atoms with Crippen LogP contribution in [0.4, 0.5) is 5.69 Å². The van der Waals surface area contributed by atoms with Crippen LogP contribution in [-0.2, 0) is 11.3 Å².